The molecule has 0 saturated heterocycles. The molecule has 0 aliphatic carbocycles. The van der Waals surface area contributed by atoms with E-state index in [9.17, 15) is 0 Å². The van der Waals surface area contributed by atoms with Crippen molar-refractivity contribution in [3.05, 3.63) is 46.7 Å². The molecule has 2 N–H and O–H groups in total. The van der Waals surface area contributed by atoms with Crippen molar-refractivity contribution >= 4 is 40.6 Å². The Balaban J connectivity index is 1.87. The molecule has 0 aliphatic rings. The van der Waals surface area contributed by atoms with Gasteiger partial charge in [0.05, 0.1) is 13.3 Å². The first-order chi connectivity index (χ1) is 9.28. The minimum absolute atomic E-state index is 0.430. The first-order valence-electron chi connectivity index (χ1n) is 5.54. The number of rotatable bonds is 4. The van der Waals surface area contributed by atoms with Crippen LogP contribution in [0.2, 0.25) is 0 Å². The van der Waals surface area contributed by atoms with Crippen molar-refractivity contribution in [3.63, 3.8) is 0 Å². The lowest BCUT2D eigenvalue weighted by molar-refractivity contribution is 0.415. The lowest BCUT2D eigenvalue weighted by atomic mass is 10.3. The molecule has 0 amide bonds. The minimum Gasteiger partial charge on any atom is -0.497 e. The molecule has 0 unspecified atom stereocenters. The lowest BCUT2D eigenvalue weighted by Crippen LogP contribution is -2.23. The van der Waals surface area contributed by atoms with E-state index in [0.717, 1.165) is 17.0 Å². The number of thiocarbonyl (C=S) groups is 1. The summed E-state index contributed by atoms with van der Waals surface area (Å²) in [6, 6.07) is 9.50. The molecule has 0 radical (unpaired) electrons. The Morgan fingerprint density at radius 1 is 1.42 bits per heavy atom. The monoisotopic (exact) mass is 291 g/mol. The second-order valence-electron chi connectivity index (χ2n) is 3.61. The summed E-state index contributed by atoms with van der Waals surface area (Å²) >= 11 is 6.76. The van der Waals surface area contributed by atoms with E-state index < -0.39 is 0 Å². The van der Waals surface area contributed by atoms with Gasteiger partial charge in [0.2, 0.25) is 0 Å². The molecule has 0 spiro atoms. The van der Waals surface area contributed by atoms with Crippen molar-refractivity contribution < 1.29 is 4.74 Å². The number of ether oxygens (including phenoxy) is 1. The van der Waals surface area contributed by atoms with E-state index in [-0.39, 0.29) is 0 Å². The van der Waals surface area contributed by atoms with E-state index >= 15 is 0 Å². The average Bonchev–Trinajstić information content (AvgIpc) is 2.92. The largest absolute Gasteiger partial charge is 0.497 e. The fourth-order valence-electron chi connectivity index (χ4n) is 1.37. The first kappa shape index (κ1) is 13.5. The second-order valence-corrected chi connectivity index (χ2v) is 4.80. The quantitative estimate of drug-likeness (QED) is 0.516. The standard InChI is InChI=1S/C13H13N3OS2/c1-17-12-4-2-3-11(7-12)15-13(18)16-14-8-10-5-6-19-9-10/h2-9H,1H3,(H2,15,16,18)/b14-8-. The molecule has 0 aliphatic heterocycles. The number of methoxy groups -OCH3 is 1. The third-order valence-electron chi connectivity index (χ3n) is 2.25. The second kappa shape index (κ2) is 6.86. The summed E-state index contributed by atoms with van der Waals surface area (Å²) in [4.78, 5) is 0. The molecule has 0 atom stereocenters. The molecule has 0 bridgehead atoms. The van der Waals surface area contributed by atoms with Gasteiger partial charge < -0.3 is 10.1 Å². The molecule has 98 valence electrons. The summed E-state index contributed by atoms with van der Waals surface area (Å²) in [5.74, 6) is 0.773. The van der Waals surface area contributed by atoms with Crippen molar-refractivity contribution in [2.45, 2.75) is 0 Å². The predicted molar refractivity (Wildman–Crippen MR) is 84.3 cm³/mol. The van der Waals surface area contributed by atoms with E-state index in [1.54, 1.807) is 24.7 Å². The van der Waals surface area contributed by atoms with Gasteiger partial charge >= 0.3 is 0 Å². The Morgan fingerprint density at radius 3 is 3.05 bits per heavy atom. The van der Waals surface area contributed by atoms with Crippen LogP contribution < -0.4 is 15.5 Å². The maximum Gasteiger partial charge on any atom is 0.191 e. The fourth-order valence-corrected chi connectivity index (χ4v) is 2.16. The Hall–Kier alpha value is -1.92. The van der Waals surface area contributed by atoms with Crippen LogP contribution >= 0.6 is 23.6 Å². The van der Waals surface area contributed by atoms with Crippen LogP contribution in [0.15, 0.2) is 46.2 Å². The van der Waals surface area contributed by atoms with Gasteiger partial charge in [0.1, 0.15) is 5.75 Å². The summed E-state index contributed by atoms with van der Waals surface area (Å²) in [5, 5.41) is 11.5. The van der Waals surface area contributed by atoms with Crippen molar-refractivity contribution in [1.29, 1.82) is 0 Å². The van der Waals surface area contributed by atoms with E-state index in [4.69, 9.17) is 17.0 Å². The van der Waals surface area contributed by atoms with E-state index in [0.29, 0.717) is 5.11 Å². The molecule has 1 aromatic carbocycles. The molecule has 2 aromatic rings. The van der Waals surface area contributed by atoms with Gasteiger partial charge in [-0.05, 0) is 41.2 Å². The molecular weight excluding hydrogens is 278 g/mol. The van der Waals surface area contributed by atoms with Crippen LogP contribution in [0.5, 0.6) is 5.75 Å². The molecule has 1 aromatic heterocycles. The van der Waals surface area contributed by atoms with Crippen molar-refractivity contribution in [2.75, 3.05) is 12.4 Å². The number of nitrogens with zero attached hydrogens (tertiary/aromatic N) is 1. The summed E-state index contributed by atoms with van der Waals surface area (Å²) < 4.78 is 5.13. The highest BCUT2D eigenvalue weighted by atomic mass is 32.1. The molecule has 6 heteroatoms. The smallest absolute Gasteiger partial charge is 0.191 e. The summed E-state index contributed by atoms with van der Waals surface area (Å²) in [5.41, 5.74) is 4.65. The Bertz CT molecular complexity index is 567. The fraction of sp³-hybridized carbons (Fsp3) is 0.0769. The van der Waals surface area contributed by atoms with E-state index in [1.165, 1.54) is 0 Å². The number of nitrogens with one attached hydrogen (secondary N) is 2. The molecule has 1 heterocycles. The maximum absolute atomic E-state index is 5.14. The van der Waals surface area contributed by atoms with Crippen molar-refractivity contribution in [3.8, 4) is 5.75 Å². The summed E-state index contributed by atoms with van der Waals surface area (Å²) in [7, 11) is 1.63. The highest BCUT2D eigenvalue weighted by molar-refractivity contribution is 7.80. The Labute approximate surface area is 121 Å². The zero-order valence-electron chi connectivity index (χ0n) is 10.3. The number of thiophene rings is 1. The average molecular weight is 291 g/mol. The number of hydrogen-bond acceptors (Lipinski definition) is 4. The van der Waals surface area contributed by atoms with Crippen LogP contribution in [0, 0.1) is 0 Å². The van der Waals surface area contributed by atoms with Crippen molar-refractivity contribution in [2.24, 2.45) is 5.10 Å². The SMILES string of the molecule is COc1cccc(NC(=S)N/N=C\c2ccsc2)c1. The third-order valence-corrected chi connectivity index (χ3v) is 3.15. The molecular formula is C13H13N3OS2. The highest BCUT2D eigenvalue weighted by Crippen LogP contribution is 2.16. The number of hydrazone groups is 1. The summed E-state index contributed by atoms with van der Waals surface area (Å²) in [6.45, 7) is 0. The zero-order chi connectivity index (χ0) is 13.5. The van der Waals surface area contributed by atoms with Crippen LogP contribution in [-0.4, -0.2) is 18.4 Å². The number of hydrogen-bond donors (Lipinski definition) is 2. The van der Waals surface area contributed by atoms with Crippen LogP contribution in [0.3, 0.4) is 0 Å². The molecule has 4 nitrogen and oxygen atoms in total. The van der Waals surface area contributed by atoms with Crippen molar-refractivity contribution in [1.82, 2.24) is 5.43 Å². The maximum atomic E-state index is 5.14. The van der Waals surface area contributed by atoms with Crippen LogP contribution in [0.25, 0.3) is 0 Å². The van der Waals surface area contributed by atoms with E-state index in [1.807, 2.05) is 41.1 Å². The van der Waals surface area contributed by atoms with Crippen LogP contribution in [0.4, 0.5) is 5.69 Å². The normalized spacial score (nSPS) is 10.4. The zero-order valence-corrected chi connectivity index (χ0v) is 11.9. The van der Waals surface area contributed by atoms with Gasteiger partial charge in [-0.3, -0.25) is 5.43 Å². The third kappa shape index (κ3) is 4.35. The van der Waals surface area contributed by atoms with Gasteiger partial charge in [0.25, 0.3) is 0 Å². The number of benzene rings is 1. The molecule has 0 fully saturated rings. The summed E-state index contributed by atoms with van der Waals surface area (Å²) in [6.07, 6.45) is 1.72. The Kier molecular flexibility index (Phi) is 4.88. The highest BCUT2D eigenvalue weighted by Gasteiger charge is 1.97. The topological polar surface area (TPSA) is 45.6 Å². The predicted octanol–water partition coefficient (Wildman–Crippen LogP) is 3.08. The van der Waals surface area contributed by atoms with Crippen LogP contribution in [0.1, 0.15) is 5.56 Å². The van der Waals surface area contributed by atoms with Gasteiger partial charge in [-0.2, -0.15) is 16.4 Å². The van der Waals surface area contributed by atoms with E-state index in [2.05, 4.69) is 15.8 Å². The number of anilines is 1. The van der Waals surface area contributed by atoms with Gasteiger partial charge in [-0.25, -0.2) is 0 Å². The van der Waals surface area contributed by atoms with Gasteiger partial charge in [0, 0.05) is 17.3 Å². The van der Waals surface area contributed by atoms with Gasteiger partial charge in [0.15, 0.2) is 5.11 Å². The molecule has 0 saturated carbocycles. The van der Waals surface area contributed by atoms with Gasteiger partial charge in [-0.1, -0.05) is 6.07 Å². The molecule has 19 heavy (non-hydrogen) atoms. The minimum atomic E-state index is 0.430. The van der Waals surface area contributed by atoms with Crippen LogP contribution in [-0.2, 0) is 0 Å². The first-order valence-corrected chi connectivity index (χ1v) is 6.89. The Morgan fingerprint density at radius 2 is 2.32 bits per heavy atom. The van der Waals surface area contributed by atoms with Gasteiger partial charge in [-0.15, -0.1) is 0 Å². The molecule has 2 rings (SSSR count). The lowest BCUT2D eigenvalue weighted by Gasteiger charge is -2.08.